The predicted molar refractivity (Wildman–Crippen MR) is 98.4 cm³/mol. The fourth-order valence-corrected chi connectivity index (χ4v) is 5.95. The number of phosphoric acid groups is 1. The van der Waals surface area contributed by atoms with Gasteiger partial charge in [-0.25, -0.2) is 28.4 Å². The fraction of sp³-hybridized carbons (Fsp3) is 0.500. The van der Waals surface area contributed by atoms with Gasteiger partial charge in [0.05, 0.1) is 12.9 Å². The monoisotopic (exact) mass is 506 g/mol. The van der Waals surface area contributed by atoms with E-state index in [4.69, 9.17) is 20.3 Å². The third-order valence-corrected chi connectivity index (χ3v) is 7.90. The van der Waals surface area contributed by atoms with Gasteiger partial charge in [-0.3, -0.25) is 9.09 Å². The molecule has 5 atom stereocenters. The van der Waals surface area contributed by atoms with E-state index in [0.29, 0.717) is 0 Å². The van der Waals surface area contributed by atoms with Crippen molar-refractivity contribution in [2.75, 3.05) is 12.3 Å². The molecule has 0 aromatic carbocycles. The van der Waals surface area contributed by atoms with Gasteiger partial charge in [-0.05, 0) is 0 Å². The van der Waals surface area contributed by atoms with Gasteiger partial charge in [-0.15, -0.1) is 4.52 Å². The van der Waals surface area contributed by atoms with Gasteiger partial charge in [0.15, 0.2) is 17.7 Å². The number of aromatic nitrogens is 4. The lowest BCUT2D eigenvalue weighted by Crippen LogP contribution is -2.33. The highest BCUT2D eigenvalue weighted by atomic mass is 31.3. The van der Waals surface area contributed by atoms with E-state index in [-0.39, 0.29) is 17.0 Å². The van der Waals surface area contributed by atoms with E-state index in [1.54, 1.807) is 0 Å². The van der Waals surface area contributed by atoms with E-state index in [1.165, 1.54) is 10.9 Å². The quantitative estimate of drug-likeness (QED) is 0.192. The molecule has 18 nitrogen and oxygen atoms in total. The minimum atomic E-state index is -5.45. The van der Waals surface area contributed by atoms with Crippen molar-refractivity contribution in [3.63, 3.8) is 0 Å². The molecule has 21 heteroatoms. The van der Waals surface area contributed by atoms with Crippen molar-refractivity contribution in [2.45, 2.75) is 24.5 Å². The lowest BCUT2D eigenvalue weighted by Gasteiger charge is -2.17. The molecule has 0 radical (unpaired) electrons. The molecule has 0 saturated carbocycles. The summed E-state index contributed by atoms with van der Waals surface area (Å²) in [4.78, 5) is 56.9. The van der Waals surface area contributed by atoms with E-state index in [9.17, 15) is 34.0 Å². The third kappa shape index (κ3) is 5.71. The van der Waals surface area contributed by atoms with Crippen LogP contribution in [0.4, 0.5) is 5.82 Å². The smallest absolute Gasteiger partial charge is 0.387 e. The van der Waals surface area contributed by atoms with Crippen LogP contribution >= 0.6 is 23.3 Å². The van der Waals surface area contributed by atoms with Crippen LogP contribution < -0.4 is 5.73 Å². The summed E-state index contributed by atoms with van der Waals surface area (Å²) in [5.74, 6) is 0.0526. The number of rotatable bonds is 7. The van der Waals surface area contributed by atoms with Crippen LogP contribution in [0.1, 0.15) is 6.23 Å². The van der Waals surface area contributed by atoms with Gasteiger partial charge in [-0.1, -0.05) is 0 Å². The number of nitrogens with zero attached hydrogens (tertiary/aromatic N) is 5. The molecule has 3 rings (SSSR count). The summed E-state index contributed by atoms with van der Waals surface area (Å²) in [5, 5.41) is 20.4. The Balaban J connectivity index is 1.74. The number of hydrogen-bond donors (Lipinski definition) is 8. The van der Waals surface area contributed by atoms with Gasteiger partial charge in [0, 0.05) is 0 Å². The van der Waals surface area contributed by atoms with Crippen LogP contribution in [0.15, 0.2) is 17.2 Å². The van der Waals surface area contributed by atoms with Crippen molar-refractivity contribution in [1.29, 1.82) is 0 Å². The fourth-order valence-electron chi connectivity index (χ4n) is 2.66. The number of nitrogens with two attached hydrogens (primary N) is 1. The zero-order chi connectivity index (χ0) is 23.2. The molecule has 2 aromatic rings. The molecule has 2 aromatic heterocycles. The molecule has 0 amide bonds. The number of ether oxygens (including phenoxy) is 1. The first-order chi connectivity index (χ1) is 14.2. The number of nitrogen functional groups attached to an aromatic ring is 1. The van der Waals surface area contributed by atoms with E-state index in [2.05, 4.69) is 28.3 Å². The molecular formula is C10H17N6O12P3. The number of hydrogen-bond acceptors (Lipinski definition) is 11. The first-order valence-corrected chi connectivity index (χ1v) is 12.6. The maximum atomic E-state index is 11.9. The Kier molecular flexibility index (Phi) is 6.68. The van der Waals surface area contributed by atoms with Crippen molar-refractivity contribution >= 4 is 40.3 Å². The summed E-state index contributed by atoms with van der Waals surface area (Å²) >= 11 is 0. The summed E-state index contributed by atoms with van der Waals surface area (Å²) in [6.45, 7) is -0.897. The van der Waals surface area contributed by atoms with Crippen LogP contribution in [0.2, 0.25) is 0 Å². The molecule has 0 bridgehead atoms. The SMILES string of the molecule is Nc1ncnc2c1ncn2[C@@H]1O[C@H](COP(=O)(O)N=P(O)(O)OP(=O)(O)O)[C@@H](O)[C@H]1O. The lowest BCUT2D eigenvalue weighted by atomic mass is 10.1. The van der Waals surface area contributed by atoms with E-state index < -0.39 is 54.5 Å². The number of imidazole rings is 1. The van der Waals surface area contributed by atoms with Crippen LogP contribution in [0.3, 0.4) is 0 Å². The standard InChI is InChI=1S/C10H17N6O12P3/c11-8-5-9(13-2-12-8)16(3-14-5)10-7(18)6(17)4(27-10)1-26-29(19,20)15-30(21,22)28-31(23,24)25/h2-4,6-7,10,17-18,21-22H,1H2,(H,19,20)(H2,11,12,13)(H2,23,24,25)/t4-,6-,7-,10-/m1/s1. The molecule has 1 unspecified atom stereocenters. The zero-order valence-corrected chi connectivity index (χ0v) is 17.7. The Hall–Kier alpha value is -1.36. The van der Waals surface area contributed by atoms with Crippen LogP contribution in [0.5, 0.6) is 0 Å². The average molecular weight is 506 g/mol. The highest BCUT2D eigenvalue weighted by Gasteiger charge is 2.45. The first-order valence-electron chi connectivity index (χ1n) is 7.97. The lowest BCUT2D eigenvalue weighted by molar-refractivity contribution is -0.0484. The zero-order valence-electron chi connectivity index (χ0n) is 15.0. The molecule has 0 spiro atoms. The Bertz CT molecular complexity index is 1110. The molecule has 1 aliphatic rings. The molecule has 1 saturated heterocycles. The van der Waals surface area contributed by atoms with Gasteiger partial charge >= 0.3 is 23.3 Å². The van der Waals surface area contributed by atoms with E-state index in [0.717, 1.165) is 6.33 Å². The van der Waals surface area contributed by atoms with Gasteiger partial charge in [-0.2, -0.15) is 0 Å². The largest absolute Gasteiger partial charge is 0.477 e. The van der Waals surface area contributed by atoms with Crippen molar-refractivity contribution in [3.8, 4) is 0 Å². The second-order valence-corrected chi connectivity index (χ2v) is 10.7. The third-order valence-electron chi connectivity index (χ3n) is 3.85. The Morgan fingerprint density at radius 1 is 1.13 bits per heavy atom. The topological polar surface area (TPSA) is 285 Å². The van der Waals surface area contributed by atoms with Gasteiger partial charge in [0.1, 0.15) is 30.2 Å². The number of fused-ring (bicyclic) bond motifs is 1. The van der Waals surface area contributed by atoms with Gasteiger partial charge in [0.2, 0.25) is 0 Å². The normalized spacial score (nSPS) is 26.8. The predicted octanol–water partition coefficient (Wildman–Crippen LogP) is -1.82. The highest BCUT2D eigenvalue weighted by Crippen LogP contribution is 2.63. The molecule has 1 fully saturated rings. The maximum Gasteiger partial charge on any atom is 0.477 e. The second kappa shape index (κ2) is 8.53. The van der Waals surface area contributed by atoms with Crippen LogP contribution in [-0.2, 0) is 22.7 Å². The summed E-state index contributed by atoms with van der Waals surface area (Å²) in [5.41, 5.74) is 6.04. The summed E-state index contributed by atoms with van der Waals surface area (Å²) < 4.78 is 39.7. The highest BCUT2D eigenvalue weighted by molar-refractivity contribution is 7.67. The van der Waals surface area contributed by atoms with Gasteiger partial charge in [0.25, 0.3) is 0 Å². The Labute approximate surface area is 172 Å². The van der Waals surface area contributed by atoms with Gasteiger partial charge < -0.3 is 45.2 Å². The van der Waals surface area contributed by atoms with Crippen LogP contribution in [0, 0.1) is 0 Å². The van der Waals surface area contributed by atoms with Crippen molar-refractivity contribution < 1.29 is 57.4 Å². The van der Waals surface area contributed by atoms with Crippen molar-refractivity contribution in [3.05, 3.63) is 12.7 Å². The number of aliphatic hydroxyl groups excluding tert-OH is 2. The molecule has 1 aliphatic heterocycles. The van der Waals surface area contributed by atoms with Crippen LogP contribution in [0.25, 0.3) is 11.2 Å². The Morgan fingerprint density at radius 2 is 1.81 bits per heavy atom. The molecule has 9 N–H and O–H groups in total. The number of aliphatic hydroxyl groups is 2. The van der Waals surface area contributed by atoms with Crippen LogP contribution in [-0.4, -0.2) is 79.1 Å². The van der Waals surface area contributed by atoms with Crippen molar-refractivity contribution in [1.82, 2.24) is 19.5 Å². The molecule has 0 aliphatic carbocycles. The first kappa shape index (κ1) is 24.3. The summed E-state index contributed by atoms with van der Waals surface area (Å²) in [6, 6.07) is 0. The van der Waals surface area contributed by atoms with E-state index in [1.807, 2.05) is 0 Å². The minimum Gasteiger partial charge on any atom is -0.387 e. The number of anilines is 1. The molecular weight excluding hydrogens is 489 g/mol. The van der Waals surface area contributed by atoms with E-state index >= 15 is 0 Å². The summed E-state index contributed by atoms with van der Waals surface area (Å²) in [6.07, 6.45) is -3.55. The molecule has 3 heterocycles. The van der Waals surface area contributed by atoms with Crippen molar-refractivity contribution in [2.24, 2.45) is 4.52 Å². The molecule has 174 valence electrons. The minimum absolute atomic E-state index is 0.0526. The average Bonchev–Trinajstić information content (AvgIpc) is 3.13. The summed E-state index contributed by atoms with van der Waals surface area (Å²) in [7, 11) is -16.0. The Morgan fingerprint density at radius 3 is 2.45 bits per heavy atom. The molecule has 31 heavy (non-hydrogen) atoms. The maximum absolute atomic E-state index is 11.9. The second-order valence-electron chi connectivity index (χ2n) is 6.09.